The molecule has 0 heterocycles. The number of rotatable bonds is 7. The van der Waals surface area contributed by atoms with Crippen molar-refractivity contribution in [1.29, 1.82) is 0 Å². The molecule has 0 saturated heterocycles. The van der Waals surface area contributed by atoms with Crippen LogP contribution in [0.4, 0.5) is 5.69 Å². The number of nitrogens with one attached hydrogen (secondary N) is 2. The van der Waals surface area contributed by atoms with E-state index in [9.17, 15) is 14.4 Å². The monoisotopic (exact) mass is 317 g/mol. The van der Waals surface area contributed by atoms with Gasteiger partial charge in [0.1, 0.15) is 0 Å². The molecule has 1 saturated carbocycles. The number of nitrogens with zero attached hydrogens (tertiary/aromatic N) is 1. The van der Waals surface area contributed by atoms with Gasteiger partial charge in [-0.05, 0) is 44.9 Å². The average Bonchev–Trinajstić information content (AvgIpc) is 3.37. The lowest BCUT2D eigenvalue weighted by Gasteiger charge is -2.20. The Balaban J connectivity index is 2.04. The first-order valence-corrected chi connectivity index (χ1v) is 8.02. The van der Waals surface area contributed by atoms with E-state index in [0.717, 1.165) is 12.8 Å². The lowest BCUT2D eigenvalue weighted by Crippen LogP contribution is -2.40. The van der Waals surface area contributed by atoms with Crippen molar-refractivity contribution in [2.75, 3.05) is 25.0 Å². The molecule has 0 unspecified atom stereocenters. The van der Waals surface area contributed by atoms with Gasteiger partial charge in [-0.3, -0.25) is 14.4 Å². The van der Waals surface area contributed by atoms with Crippen molar-refractivity contribution in [3.8, 4) is 0 Å². The first-order valence-electron chi connectivity index (χ1n) is 8.02. The van der Waals surface area contributed by atoms with E-state index in [1.165, 1.54) is 4.90 Å². The third kappa shape index (κ3) is 4.81. The maximum absolute atomic E-state index is 12.5. The Bertz CT molecular complexity index is 597. The van der Waals surface area contributed by atoms with Crippen LogP contribution < -0.4 is 10.6 Å². The van der Waals surface area contributed by atoms with E-state index in [4.69, 9.17) is 0 Å². The van der Waals surface area contributed by atoms with Gasteiger partial charge in [0.15, 0.2) is 0 Å². The van der Waals surface area contributed by atoms with Gasteiger partial charge in [-0.25, -0.2) is 0 Å². The summed E-state index contributed by atoms with van der Waals surface area (Å²) in [4.78, 5) is 37.5. The number of carbonyl (C=O) groups excluding carboxylic acids is 3. The fourth-order valence-corrected chi connectivity index (χ4v) is 2.26. The molecule has 0 bridgehead atoms. The van der Waals surface area contributed by atoms with E-state index in [2.05, 4.69) is 10.6 Å². The highest BCUT2D eigenvalue weighted by Gasteiger charge is 2.29. The van der Waals surface area contributed by atoms with E-state index in [1.807, 2.05) is 13.8 Å². The van der Waals surface area contributed by atoms with Gasteiger partial charge in [-0.2, -0.15) is 0 Å². The van der Waals surface area contributed by atoms with Crippen LogP contribution in [0.2, 0.25) is 0 Å². The van der Waals surface area contributed by atoms with E-state index < -0.39 is 0 Å². The number of likely N-dealkylation sites (N-methyl/N-ethyl adjacent to an activating group) is 2. The van der Waals surface area contributed by atoms with Crippen molar-refractivity contribution >= 4 is 23.4 Å². The maximum Gasteiger partial charge on any atom is 0.254 e. The summed E-state index contributed by atoms with van der Waals surface area (Å²) in [7, 11) is 0. The molecule has 1 aromatic carbocycles. The lowest BCUT2D eigenvalue weighted by atomic mass is 10.1. The number of amides is 3. The first kappa shape index (κ1) is 17.0. The molecule has 1 aliphatic carbocycles. The standard InChI is InChI=1S/C17H23N3O3/c1-3-18-15(21)11-20(4-2)17(23)13-6-5-7-14(10-13)19-16(22)12-8-9-12/h5-7,10,12H,3-4,8-9,11H2,1-2H3,(H,18,21)(H,19,22). The third-order valence-electron chi connectivity index (χ3n) is 3.70. The van der Waals surface area contributed by atoms with Crippen LogP contribution in [0.25, 0.3) is 0 Å². The Morgan fingerprint density at radius 2 is 1.96 bits per heavy atom. The molecule has 124 valence electrons. The van der Waals surface area contributed by atoms with Crippen LogP contribution in [-0.2, 0) is 9.59 Å². The Morgan fingerprint density at radius 1 is 1.22 bits per heavy atom. The molecule has 0 aromatic heterocycles. The predicted molar refractivity (Wildman–Crippen MR) is 88.1 cm³/mol. The minimum atomic E-state index is -0.221. The second kappa shape index (κ2) is 7.76. The second-order valence-electron chi connectivity index (χ2n) is 5.62. The summed E-state index contributed by atoms with van der Waals surface area (Å²) in [5.74, 6) is -0.286. The van der Waals surface area contributed by atoms with Crippen LogP contribution in [0, 0.1) is 5.92 Å². The van der Waals surface area contributed by atoms with Crippen LogP contribution >= 0.6 is 0 Å². The molecule has 0 spiro atoms. The van der Waals surface area contributed by atoms with Gasteiger partial charge in [0.25, 0.3) is 5.91 Å². The summed E-state index contributed by atoms with van der Waals surface area (Å²) in [5, 5.41) is 5.51. The second-order valence-corrected chi connectivity index (χ2v) is 5.62. The normalized spacial score (nSPS) is 13.3. The fraction of sp³-hybridized carbons (Fsp3) is 0.471. The fourth-order valence-electron chi connectivity index (χ4n) is 2.26. The van der Waals surface area contributed by atoms with E-state index in [0.29, 0.717) is 24.3 Å². The smallest absolute Gasteiger partial charge is 0.254 e. The summed E-state index contributed by atoms with van der Waals surface area (Å²) in [5.41, 5.74) is 1.08. The number of hydrogen-bond donors (Lipinski definition) is 2. The Morgan fingerprint density at radius 3 is 2.57 bits per heavy atom. The summed E-state index contributed by atoms with van der Waals surface area (Å²) in [6.07, 6.45) is 1.86. The quantitative estimate of drug-likeness (QED) is 0.802. The van der Waals surface area contributed by atoms with Crippen molar-refractivity contribution in [2.24, 2.45) is 5.92 Å². The van der Waals surface area contributed by atoms with E-state index in [-0.39, 0.29) is 30.2 Å². The van der Waals surface area contributed by atoms with Crippen molar-refractivity contribution in [1.82, 2.24) is 10.2 Å². The van der Waals surface area contributed by atoms with Gasteiger partial charge in [0.05, 0.1) is 6.54 Å². The molecule has 23 heavy (non-hydrogen) atoms. The van der Waals surface area contributed by atoms with Gasteiger partial charge < -0.3 is 15.5 Å². The van der Waals surface area contributed by atoms with Gasteiger partial charge in [-0.1, -0.05) is 6.07 Å². The zero-order chi connectivity index (χ0) is 16.8. The van der Waals surface area contributed by atoms with Crippen LogP contribution in [0.15, 0.2) is 24.3 Å². The predicted octanol–water partition coefficient (Wildman–Crippen LogP) is 1.63. The minimum absolute atomic E-state index is 0.00395. The highest BCUT2D eigenvalue weighted by Crippen LogP contribution is 2.30. The molecule has 3 amide bonds. The number of benzene rings is 1. The third-order valence-corrected chi connectivity index (χ3v) is 3.70. The van der Waals surface area contributed by atoms with Crippen molar-refractivity contribution in [3.05, 3.63) is 29.8 Å². The Kier molecular flexibility index (Phi) is 5.73. The lowest BCUT2D eigenvalue weighted by molar-refractivity contribution is -0.121. The van der Waals surface area contributed by atoms with Crippen LogP contribution in [0.5, 0.6) is 0 Å². The maximum atomic E-state index is 12.5. The molecule has 1 fully saturated rings. The Hall–Kier alpha value is -2.37. The topological polar surface area (TPSA) is 78.5 Å². The average molecular weight is 317 g/mol. The molecule has 2 rings (SSSR count). The number of carbonyl (C=O) groups is 3. The van der Waals surface area contributed by atoms with Gasteiger partial charge in [0, 0.05) is 30.3 Å². The van der Waals surface area contributed by atoms with Gasteiger partial charge >= 0.3 is 0 Å². The number of hydrogen-bond acceptors (Lipinski definition) is 3. The molecule has 1 aliphatic rings. The molecular formula is C17H23N3O3. The molecule has 0 radical (unpaired) electrons. The Labute approximate surface area is 136 Å². The zero-order valence-electron chi connectivity index (χ0n) is 13.6. The highest BCUT2D eigenvalue weighted by atomic mass is 16.2. The molecule has 0 atom stereocenters. The van der Waals surface area contributed by atoms with E-state index in [1.54, 1.807) is 24.3 Å². The molecule has 0 aliphatic heterocycles. The minimum Gasteiger partial charge on any atom is -0.355 e. The molecule has 6 nitrogen and oxygen atoms in total. The molecule has 2 N–H and O–H groups in total. The van der Waals surface area contributed by atoms with Crippen molar-refractivity contribution in [3.63, 3.8) is 0 Å². The molecule has 1 aromatic rings. The van der Waals surface area contributed by atoms with Gasteiger partial charge in [-0.15, -0.1) is 0 Å². The summed E-state index contributed by atoms with van der Waals surface area (Å²) >= 11 is 0. The first-order chi connectivity index (χ1) is 11.0. The SMILES string of the molecule is CCNC(=O)CN(CC)C(=O)c1cccc(NC(=O)C2CC2)c1. The summed E-state index contributed by atoms with van der Waals surface area (Å²) < 4.78 is 0. The number of anilines is 1. The summed E-state index contributed by atoms with van der Waals surface area (Å²) in [6.45, 7) is 4.67. The highest BCUT2D eigenvalue weighted by molar-refractivity contribution is 5.99. The van der Waals surface area contributed by atoms with Gasteiger partial charge in [0.2, 0.25) is 11.8 Å². The summed E-state index contributed by atoms with van der Waals surface area (Å²) in [6, 6.07) is 6.84. The van der Waals surface area contributed by atoms with Crippen LogP contribution in [0.1, 0.15) is 37.0 Å². The largest absolute Gasteiger partial charge is 0.355 e. The van der Waals surface area contributed by atoms with Crippen LogP contribution in [-0.4, -0.2) is 42.3 Å². The van der Waals surface area contributed by atoms with E-state index >= 15 is 0 Å². The molecular weight excluding hydrogens is 294 g/mol. The zero-order valence-corrected chi connectivity index (χ0v) is 13.6. The van der Waals surface area contributed by atoms with Crippen LogP contribution in [0.3, 0.4) is 0 Å². The molecule has 6 heteroatoms. The van der Waals surface area contributed by atoms with Crippen molar-refractivity contribution in [2.45, 2.75) is 26.7 Å². The van der Waals surface area contributed by atoms with Crippen molar-refractivity contribution < 1.29 is 14.4 Å².